The predicted molar refractivity (Wildman–Crippen MR) is 94.1 cm³/mol. The lowest BCUT2D eigenvalue weighted by Crippen LogP contribution is -2.40. The van der Waals surface area contributed by atoms with Gasteiger partial charge in [0.05, 0.1) is 7.11 Å². The van der Waals surface area contributed by atoms with E-state index in [1.54, 1.807) is 7.11 Å². The number of rotatable bonds is 7. The maximum Gasteiger partial charge on any atom is 0.240 e. The van der Waals surface area contributed by atoms with E-state index < -0.39 is 5.82 Å². The van der Waals surface area contributed by atoms with Crippen LogP contribution in [-0.2, 0) is 16.0 Å². The van der Waals surface area contributed by atoms with Crippen LogP contribution in [0.2, 0.25) is 0 Å². The highest BCUT2D eigenvalue weighted by Crippen LogP contribution is 2.15. The van der Waals surface area contributed by atoms with Crippen LogP contribution >= 0.6 is 0 Å². The fraction of sp³-hybridized carbons (Fsp3) is 0.263. The molecule has 0 aromatic heterocycles. The number of benzene rings is 2. The van der Waals surface area contributed by atoms with E-state index >= 15 is 0 Å². The number of methoxy groups -OCH3 is 1. The number of hydrogen-bond acceptors (Lipinski definition) is 3. The van der Waals surface area contributed by atoms with Crippen molar-refractivity contribution in [2.45, 2.75) is 13.3 Å². The van der Waals surface area contributed by atoms with Crippen molar-refractivity contribution in [1.29, 1.82) is 0 Å². The SMILES string of the molecule is COc1cccc(CCNC(=O)CN(C(C)=O)c2ccc(F)cc2)c1. The van der Waals surface area contributed by atoms with Gasteiger partial charge in [0, 0.05) is 19.2 Å². The zero-order valence-corrected chi connectivity index (χ0v) is 14.3. The fourth-order valence-electron chi connectivity index (χ4n) is 2.38. The van der Waals surface area contributed by atoms with Gasteiger partial charge in [-0.2, -0.15) is 0 Å². The molecule has 0 fully saturated rings. The third-order valence-electron chi connectivity index (χ3n) is 3.69. The Bertz CT molecular complexity index is 732. The summed E-state index contributed by atoms with van der Waals surface area (Å²) in [7, 11) is 1.60. The molecule has 132 valence electrons. The first-order valence-corrected chi connectivity index (χ1v) is 7.93. The van der Waals surface area contributed by atoms with Crippen LogP contribution in [0.3, 0.4) is 0 Å². The highest BCUT2D eigenvalue weighted by Gasteiger charge is 2.15. The van der Waals surface area contributed by atoms with E-state index in [4.69, 9.17) is 4.74 Å². The zero-order chi connectivity index (χ0) is 18.2. The summed E-state index contributed by atoms with van der Waals surface area (Å²) in [6, 6.07) is 13.1. The molecular weight excluding hydrogens is 323 g/mol. The van der Waals surface area contributed by atoms with E-state index in [0.717, 1.165) is 11.3 Å². The second kappa shape index (κ2) is 8.82. The van der Waals surface area contributed by atoms with Crippen LogP contribution in [0.4, 0.5) is 10.1 Å². The van der Waals surface area contributed by atoms with Gasteiger partial charge in [-0.05, 0) is 48.4 Å². The van der Waals surface area contributed by atoms with E-state index in [1.165, 1.54) is 36.1 Å². The molecule has 0 unspecified atom stereocenters. The van der Waals surface area contributed by atoms with Gasteiger partial charge in [0.1, 0.15) is 18.1 Å². The number of ether oxygens (including phenoxy) is 1. The Hall–Kier alpha value is -2.89. The molecule has 0 saturated carbocycles. The lowest BCUT2D eigenvalue weighted by Gasteiger charge is -2.20. The van der Waals surface area contributed by atoms with Crippen molar-refractivity contribution in [2.24, 2.45) is 0 Å². The van der Waals surface area contributed by atoms with Gasteiger partial charge < -0.3 is 15.0 Å². The maximum atomic E-state index is 13.0. The molecule has 2 rings (SSSR count). The Labute approximate surface area is 146 Å². The minimum atomic E-state index is -0.394. The lowest BCUT2D eigenvalue weighted by molar-refractivity contribution is -0.123. The van der Waals surface area contributed by atoms with Crippen molar-refractivity contribution >= 4 is 17.5 Å². The summed E-state index contributed by atoms with van der Waals surface area (Å²) in [6.07, 6.45) is 0.652. The van der Waals surface area contributed by atoms with Gasteiger partial charge in [0.2, 0.25) is 11.8 Å². The second-order valence-corrected chi connectivity index (χ2v) is 5.53. The summed E-state index contributed by atoms with van der Waals surface area (Å²) in [5.74, 6) is -0.185. The normalized spacial score (nSPS) is 10.2. The summed E-state index contributed by atoms with van der Waals surface area (Å²) >= 11 is 0. The maximum absolute atomic E-state index is 13.0. The van der Waals surface area contributed by atoms with Gasteiger partial charge in [-0.15, -0.1) is 0 Å². The van der Waals surface area contributed by atoms with Crippen LogP contribution in [0.15, 0.2) is 48.5 Å². The van der Waals surface area contributed by atoms with Crippen LogP contribution in [0.25, 0.3) is 0 Å². The highest BCUT2D eigenvalue weighted by molar-refractivity contribution is 5.97. The topological polar surface area (TPSA) is 58.6 Å². The molecule has 0 aliphatic rings. The molecule has 0 atom stereocenters. The molecule has 0 aliphatic heterocycles. The number of halogens is 1. The Morgan fingerprint density at radius 2 is 1.88 bits per heavy atom. The molecule has 0 aliphatic carbocycles. The van der Waals surface area contributed by atoms with Gasteiger partial charge in [-0.3, -0.25) is 9.59 Å². The third kappa shape index (κ3) is 5.60. The monoisotopic (exact) mass is 344 g/mol. The summed E-state index contributed by atoms with van der Waals surface area (Å²) in [6.45, 7) is 1.70. The molecule has 2 amide bonds. The van der Waals surface area contributed by atoms with Crippen LogP contribution < -0.4 is 15.0 Å². The Morgan fingerprint density at radius 1 is 1.16 bits per heavy atom. The third-order valence-corrected chi connectivity index (χ3v) is 3.69. The van der Waals surface area contributed by atoms with Crippen LogP contribution in [0.5, 0.6) is 5.75 Å². The number of nitrogens with one attached hydrogen (secondary N) is 1. The molecule has 0 heterocycles. The molecule has 5 nitrogen and oxygen atoms in total. The Balaban J connectivity index is 1.88. The zero-order valence-electron chi connectivity index (χ0n) is 14.3. The van der Waals surface area contributed by atoms with Gasteiger partial charge >= 0.3 is 0 Å². The van der Waals surface area contributed by atoms with E-state index in [1.807, 2.05) is 24.3 Å². The first-order chi connectivity index (χ1) is 12.0. The number of nitrogens with zero attached hydrogens (tertiary/aromatic N) is 1. The van der Waals surface area contributed by atoms with Crippen molar-refractivity contribution in [3.8, 4) is 5.75 Å². The fourth-order valence-corrected chi connectivity index (χ4v) is 2.38. The summed E-state index contributed by atoms with van der Waals surface area (Å²) in [5.41, 5.74) is 1.53. The Morgan fingerprint density at radius 3 is 2.52 bits per heavy atom. The lowest BCUT2D eigenvalue weighted by atomic mass is 10.1. The molecule has 1 N–H and O–H groups in total. The summed E-state index contributed by atoms with van der Waals surface area (Å²) in [5, 5.41) is 2.79. The van der Waals surface area contributed by atoms with Gasteiger partial charge in [-0.25, -0.2) is 4.39 Å². The van der Waals surface area contributed by atoms with E-state index in [-0.39, 0.29) is 18.4 Å². The molecule has 2 aromatic rings. The van der Waals surface area contributed by atoms with Crippen molar-refractivity contribution in [3.63, 3.8) is 0 Å². The van der Waals surface area contributed by atoms with Crippen molar-refractivity contribution < 1.29 is 18.7 Å². The average molecular weight is 344 g/mol. The quantitative estimate of drug-likeness (QED) is 0.840. The van der Waals surface area contributed by atoms with E-state index in [0.29, 0.717) is 18.7 Å². The molecule has 0 spiro atoms. The standard InChI is InChI=1S/C19H21FN2O3/c1-14(23)22(17-8-6-16(20)7-9-17)13-19(24)21-11-10-15-4-3-5-18(12-15)25-2/h3-9,12H,10-11,13H2,1-2H3,(H,21,24). The molecule has 0 bridgehead atoms. The first-order valence-electron chi connectivity index (χ1n) is 7.93. The number of amides is 2. The number of anilines is 1. The van der Waals surface area contributed by atoms with E-state index in [2.05, 4.69) is 5.32 Å². The molecule has 2 aromatic carbocycles. The van der Waals surface area contributed by atoms with E-state index in [9.17, 15) is 14.0 Å². The van der Waals surface area contributed by atoms with Crippen LogP contribution in [-0.4, -0.2) is 32.0 Å². The van der Waals surface area contributed by atoms with Crippen molar-refractivity contribution in [2.75, 3.05) is 25.1 Å². The highest BCUT2D eigenvalue weighted by atomic mass is 19.1. The van der Waals surface area contributed by atoms with Gasteiger partial charge in [0.25, 0.3) is 0 Å². The minimum absolute atomic E-state index is 0.112. The average Bonchev–Trinajstić information content (AvgIpc) is 2.60. The molecule has 0 saturated heterocycles. The molecule has 6 heteroatoms. The molecular formula is C19H21FN2O3. The molecule has 25 heavy (non-hydrogen) atoms. The number of carbonyl (C=O) groups is 2. The molecule has 0 radical (unpaired) electrons. The van der Waals surface area contributed by atoms with Crippen LogP contribution in [0.1, 0.15) is 12.5 Å². The summed E-state index contributed by atoms with van der Waals surface area (Å²) < 4.78 is 18.2. The van der Waals surface area contributed by atoms with Gasteiger partial charge in [-0.1, -0.05) is 12.1 Å². The van der Waals surface area contributed by atoms with Gasteiger partial charge in [0.15, 0.2) is 0 Å². The predicted octanol–water partition coefficient (Wildman–Crippen LogP) is 2.55. The number of hydrogen-bond donors (Lipinski definition) is 1. The smallest absolute Gasteiger partial charge is 0.240 e. The minimum Gasteiger partial charge on any atom is -0.497 e. The number of carbonyl (C=O) groups excluding carboxylic acids is 2. The summed E-state index contributed by atoms with van der Waals surface area (Å²) in [4.78, 5) is 25.2. The Kier molecular flexibility index (Phi) is 6.51. The van der Waals surface area contributed by atoms with Crippen molar-refractivity contribution in [1.82, 2.24) is 5.32 Å². The van der Waals surface area contributed by atoms with Crippen molar-refractivity contribution in [3.05, 3.63) is 59.9 Å². The van der Waals surface area contributed by atoms with Crippen LogP contribution in [0, 0.1) is 5.82 Å². The largest absolute Gasteiger partial charge is 0.497 e. The second-order valence-electron chi connectivity index (χ2n) is 5.53. The first kappa shape index (κ1) is 18.4.